The first-order chi connectivity index (χ1) is 11.6. The number of hydrogen-bond acceptors (Lipinski definition) is 6. The Morgan fingerprint density at radius 3 is 2.38 bits per heavy atom. The quantitative estimate of drug-likeness (QED) is 0.860. The molecule has 0 bridgehead atoms. The van der Waals surface area contributed by atoms with E-state index >= 15 is 0 Å². The number of aromatic nitrogens is 4. The molecule has 2 unspecified atom stereocenters. The predicted octanol–water partition coefficient (Wildman–Crippen LogP) is 2.10. The molecule has 24 heavy (non-hydrogen) atoms. The van der Waals surface area contributed by atoms with Crippen molar-refractivity contribution in [1.82, 2.24) is 19.9 Å². The second kappa shape index (κ2) is 5.96. The summed E-state index contributed by atoms with van der Waals surface area (Å²) < 4.78 is 13.9. The van der Waals surface area contributed by atoms with Crippen LogP contribution in [0, 0.1) is 17.7 Å². The number of rotatable bonds is 3. The minimum Gasteiger partial charge on any atom is -0.356 e. The Kier molecular flexibility index (Phi) is 3.78. The van der Waals surface area contributed by atoms with Crippen LogP contribution in [0.2, 0.25) is 0 Å². The lowest BCUT2D eigenvalue weighted by Crippen LogP contribution is -2.30. The molecule has 0 amide bonds. The molecule has 6 nitrogen and oxygen atoms in total. The van der Waals surface area contributed by atoms with Gasteiger partial charge in [-0.3, -0.25) is 0 Å². The topological polar surface area (TPSA) is 58.0 Å². The number of fused-ring (bicyclic) bond motifs is 1. The highest BCUT2D eigenvalue weighted by molar-refractivity contribution is 5.45. The van der Waals surface area contributed by atoms with E-state index in [2.05, 4.69) is 44.7 Å². The Morgan fingerprint density at radius 1 is 1.00 bits per heavy atom. The average molecular weight is 328 g/mol. The van der Waals surface area contributed by atoms with Gasteiger partial charge in [-0.25, -0.2) is 24.3 Å². The van der Waals surface area contributed by atoms with Gasteiger partial charge in [-0.05, 0) is 5.92 Å². The summed E-state index contributed by atoms with van der Waals surface area (Å²) in [4.78, 5) is 21.0. The maximum atomic E-state index is 13.9. The van der Waals surface area contributed by atoms with Crippen LogP contribution in [0.15, 0.2) is 24.9 Å². The third-order valence-corrected chi connectivity index (χ3v) is 5.02. The standard InChI is InChI=1S/C17H21FN6/c1-11(2)15-3-16(21-10-20-15)23-5-12-7-24(8-13(12)6-23)17-14(18)4-19-9-22-17/h3-4,9-13H,5-8H2,1-2H3. The van der Waals surface area contributed by atoms with Crippen molar-refractivity contribution < 1.29 is 4.39 Å². The van der Waals surface area contributed by atoms with Crippen LogP contribution in [0.1, 0.15) is 25.5 Å². The summed E-state index contributed by atoms with van der Waals surface area (Å²) >= 11 is 0. The van der Waals surface area contributed by atoms with Crippen molar-refractivity contribution >= 4 is 11.6 Å². The number of nitrogens with zero attached hydrogens (tertiary/aromatic N) is 6. The molecule has 2 aromatic rings. The van der Waals surface area contributed by atoms with Gasteiger partial charge >= 0.3 is 0 Å². The summed E-state index contributed by atoms with van der Waals surface area (Å²) in [7, 11) is 0. The van der Waals surface area contributed by atoms with Crippen molar-refractivity contribution in [3.05, 3.63) is 36.4 Å². The molecule has 2 aliphatic rings. The van der Waals surface area contributed by atoms with Gasteiger partial charge in [0.15, 0.2) is 11.6 Å². The molecule has 0 N–H and O–H groups in total. The average Bonchev–Trinajstić information content (AvgIpc) is 3.14. The molecule has 2 saturated heterocycles. The Morgan fingerprint density at radius 2 is 1.71 bits per heavy atom. The van der Waals surface area contributed by atoms with E-state index in [4.69, 9.17) is 0 Å². The molecule has 0 radical (unpaired) electrons. The minimum absolute atomic E-state index is 0.341. The normalized spacial score (nSPS) is 23.2. The van der Waals surface area contributed by atoms with E-state index in [-0.39, 0.29) is 5.82 Å². The molecule has 2 atom stereocenters. The molecule has 0 spiro atoms. The van der Waals surface area contributed by atoms with Gasteiger partial charge in [0.05, 0.1) is 6.20 Å². The van der Waals surface area contributed by atoms with Gasteiger partial charge < -0.3 is 9.80 Å². The van der Waals surface area contributed by atoms with Crippen LogP contribution < -0.4 is 9.80 Å². The van der Waals surface area contributed by atoms with Crippen molar-refractivity contribution in [2.45, 2.75) is 19.8 Å². The van der Waals surface area contributed by atoms with Crippen molar-refractivity contribution in [2.75, 3.05) is 36.0 Å². The molecule has 2 aromatic heterocycles. The van der Waals surface area contributed by atoms with Gasteiger partial charge in [0.2, 0.25) is 0 Å². The van der Waals surface area contributed by atoms with Gasteiger partial charge in [0.1, 0.15) is 18.5 Å². The maximum absolute atomic E-state index is 13.9. The second-order valence-electron chi connectivity index (χ2n) is 6.98. The lowest BCUT2D eigenvalue weighted by atomic mass is 10.0. The highest BCUT2D eigenvalue weighted by Crippen LogP contribution is 2.35. The van der Waals surface area contributed by atoms with Crippen LogP contribution >= 0.6 is 0 Å². The molecular formula is C17H21FN6. The molecular weight excluding hydrogens is 307 g/mol. The summed E-state index contributed by atoms with van der Waals surface area (Å²) in [6.07, 6.45) is 4.30. The van der Waals surface area contributed by atoms with Gasteiger partial charge in [-0.15, -0.1) is 0 Å². The van der Waals surface area contributed by atoms with Crippen LogP contribution in [0.4, 0.5) is 16.0 Å². The number of halogens is 1. The molecule has 7 heteroatoms. The van der Waals surface area contributed by atoms with Crippen LogP contribution in [-0.4, -0.2) is 46.1 Å². The maximum Gasteiger partial charge on any atom is 0.183 e. The Hall–Kier alpha value is -2.31. The Balaban J connectivity index is 1.47. The fourth-order valence-electron chi connectivity index (χ4n) is 3.74. The van der Waals surface area contributed by atoms with Crippen LogP contribution in [0.3, 0.4) is 0 Å². The number of hydrogen-bond donors (Lipinski definition) is 0. The number of anilines is 2. The second-order valence-corrected chi connectivity index (χ2v) is 6.98. The highest BCUT2D eigenvalue weighted by Gasteiger charge is 2.41. The van der Waals surface area contributed by atoms with Crippen molar-refractivity contribution in [3.63, 3.8) is 0 Å². The molecule has 4 rings (SSSR count). The first-order valence-electron chi connectivity index (χ1n) is 8.39. The van der Waals surface area contributed by atoms with E-state index in [9.17, 15) is 4.39 Å². The Labute approximate surface area is 140 Å². The fraction of sp³-hybridized carbons (Fsp3) is 0.529. The molecule has 0 aliphatic carbocycles. The van der Waals surface area contributed by atoms with E-state index < -0.39 is 0 Å². The SMILES string of the molecule is CC(C)c1cc(N2CC3CN(c4ncncc4F)CC3C2)ncn1. The molecule has 126 valence electrons. The van der Waals surface area contributed by atoms with E-state index in [1.807, 2.05) is 4.90 Å². The third kappa shape index (κ3) is 2.68. The molecule has 0 saturated carbocycles. The minimum atomic E-state index is -0.341. The summed E-state index contributed by atoms with van der Waals surface area (Å²) in [6, 6.07) is 2.09. The smallest absolute Gasteiger partial charge is 0.183 e. The zero-order chi connectivity index (χ0) is 16.7. The van der Waals surface area contributed by atoms with Crippen LogP contribution in [0.25, 0.3) is 0 Å². The predicted molar refractivity (Wildman–Crippen MR) is 89.5 cm³/mol. The lowest BCUT2D eigenvalue weighted by Gasteiger charge is -2.23. The van der Waals surface area contributed by atoms with Gasteiger partial charge in [0, 0.05) is 49.8 Å². The van der Waals surface area contributed by atoms with Crippen molar-refractivity contribution in [2.24, 2.45) is 11.8 Å². The summed E-state index contributed by atoms with van der Waals surface area (Å²) in [5.41, 5.74) is 1.07. The van der Waals surface area contributed by atoms with Gasteiger partial charge in [0.25, 0.3) is 0 Å². The highest BCUT2D eigenvalue weighted by atomic mass is 19.1. The van der Waals surface area contributed by atoms with Crippen LogP contribution in [-0.2, 0) is 0 Å². The summed E-state index contributed by atoms with van der Waals surface area (Å²) in [5, 5.41) is 0. The molecule has 2 aliphatic heterocycles. The Bertz CT molecular complexity index is 723. The molecule has 0 aromatic carbocycles. The monoisotopic (exact) mass is 328 g/mol. The van der Waals surface area contributed by atoms with E-state index in [1.165, 1.54) is 12.5 Å². The first kappa shape index (κ1) is 15.2. The zero-order valence-corrected chi connectivity index (χ0v) is 13.9. The van der Waals surface area contributed by atoms with Crippen molar-refractivity contribution in [1.29, 1.82) is 0 Å². The van der Waals surface area contributed by atoms with E-state index in [0.29, 0.717) is 23.6 Å². The van der Waals surface area contributed by atoms with E-state index in [1.54, 1.807) is 6.33 Å². The van der Waals surface area contributed by atoms with Gasteiger partial charge in [-0.1, -0.05) is 13.8 Å². The summed E-state index contributed by atoms with van der Waals surface area (Å²) in [6.45, 7) is 7.83. The van der Waals surface area contributed by atoms with E-state index in [0.717, 1.165) is 37.7 Å². The molecule has 2 fully saturated rings. The largest absolute Gasteiger partial charge is 0.356 e. The van der Waals surface area contributed by atoms with Gasteiger partial charge in [-0.2, -0.15) is 0 Å². The summed E-state index contributed by atoms with van der Waals surface area (Å²) in [5.74, 6) is 2.50. The van der Waals surface area contributed by atoms with Crippen molar-refractivity contribution in [3.8, 4) is 0 Å². The first-order valence-corrected chi connectivity index (χ1v) is 8.39. The third-order valence-electron chi connectivity index (χ3n) is 5.02. The lowest BCUT2D eigenvalue weighted by molar-refractivity contribution is 0.533. The van der Waals surface area contributed by atoms with Crippen LogP contribution in [0.5, 0.6) is 0 Å². The fourth-order valence-corrected chi connectivity index (χ4v) is 3.74. The zero-order valence-electron chi connectivity index (χ0n) is 13.9. The molecule has 4 heterocycles.